The van der Waals surface area contributed by atoms with Gasteiger partial charge in [-0.25, -0.2) is 0 Å². The van der Waals surface area contributed by atoms with Gasteiger partial charge in [0.2, 0.25) is 0 Å². The summed E-state index contributed by atoms with van der Waals surface area (Å²) in [6.45, 7) is 4.76. The zero-order valence-corrected chi connectivity index (χ0v) is 12.1. The van der Waals surface area contributed by atoms with Crippen LogP contribution in [0.3, 0.4) is 0 Å². The lowest BCUT2D eigenvalue weighted by Crippen LogP contribution is -2.29. The molecule has 0 aliphatic heterocycles. The van der Waals surface area contributed by atoms with Crippen LogP contribution in [0, 0.1) is 0 Å². The maximum atomic E-state index is 12.2. The molecular weight excluding hydrogens is 278 g/mol. The number of halogens is 1. The average Bonchev–Trinajstić information content (AvgIpc) is 2.88. The van der Waals surface area contributed by atoms with Gasteiger partial charge in [0.15, 0.2) is 5.82 Å². The van der Waals surface area contributed by atoms with Crippen molar-refractivity contribution in [2.75, 3.05) is 0 Å². The number of carbonyl (C=O) groups excluding carboxylic acids is 1. The molecule has 2 aromatic rings. The fourth-order valence-electron chi connectivity index (χ4n) is 1.91. The summed E-state index contributed by atoms with van der Waals surface area (Å²) >= 11 is 5.95. The van der Waals surface area contributed by atoms with Gasteiger partial charge in [0.1, 0.15) is 6.33 Å². The van der Waals surface area contributed by atoms with Crippen LogP contribution in [0.4, 0.5) is 0 Å². The van der Waals surface area contributed by atoms with E-state index in [1.807, 2.05) is 11.5 Å². The van der Waals surface area contributed by atoms with Crippen molar-refractivity contribution in [3.63, 3.8) is 0 Å². The highest BCUT2D eigenvalue weighted by Crippen LogP contribution is 2.16. The third-order valence-electron chi connectivity index (χ3n) is 2.86. The van der Waals surface area contributed by atoms with Gasteiger partial charge in [0, 0.05) is 18.9 Å². The summed E-state index contributed by atoms with van der Waals surface area (Å²) in [6, 6.07) is 1.34. The number of amides is 1. The normalized spacial score (nSPS) is 12.2. The Hall–Kier alpha value is -1.95. The maximum Gasteiger partial charge on any atom is 0.253 e. The first kappa shape index (κ1) is 14.5. The van der Waals surface area contributed by atoms with Crippen LogP contribution in [-0.4, -0.2) is 25.7 Å². The number of aromatic nitrogens is 4. The van der Waals surface area contributed by atoms with Crippen molar-refractivity contribution in [3.05, 3.63) is 41.2 Å². The van der Waals surface area contributed by atoms with Gasteiger partial charge in [-0.3, -0.25) is 9.78 Å². The molecule has 0 radical (unpaired) electrons. The molecule has 0 aliphatic rings. The fraction of sp³-hybridized carbons (Fsp3) is 0.385. The Morgan fingerprint density at radius 2 is 2.35 bits per heavy atom. The number of hydrogen-bond acceptors (Lipinski definition) is 4. The van der Waals surface area contributed by atoms with Gasteiger partial charge < -0.3 is 9.88 Å². The quantitative estimate of drug-likeness (QED) is 0.917. The summed E-state index contributed by atoms with van der Waals surface area (Å²) in [5.74, 6) is 0.473. The van der Waals surface area contributed by atoms with Gasteiger partial charge in [0.05, 0.1) is 16.6 Å². The number of carbonyl (C=O) groups is 1. The van der Waals surface area contributed by atoms with E-state index in [2.05, 4.69) is 27.4 Å². The molecule has 1 N–H and O–H groups in total. The van der Waals surface area contributed by atoms with E-state index in [1.165, 1.54) is 12.4 Å². The van der Waals surface area contributed by atoms with Gasteiger partial charge in [-0.1, -0.05) is 18.5 Å². The molecule has 1 amide bonds. The van der Waals surface area contributed by atoms with Crippen molar-refractivity contribution in [1.29, 1.82) is 0 Å². The number of rotatable bonds is 5. The molecule has 0 saturated heterocycles. The van der Waals surface area contributed by atoms with Crippen molar-refractivity contribution in [2.24, 2.45) is 0 Å². The molecule has 0 saturated carbocycles. The molecule has 1 atom stereocenters. The smallest absolute Gasteiger partial charge is 0.253 e. The molecule has 2 rings (SSSR count). The number of aryl methyl sites for hydroxylation is 1. The standard InChI is InChI=1S/C13H16ClN5O/c1-3-6-19-8-16-18-12(19)9(2)17-13(20)10-4-5-15-7-11(10)14/h4-5,7-9H,3,6H2,1-2H3,(H,17,20). The van der Waals surface area contributed by atoms with Crippen molar-refractivity contribution in [1.82, 2.24) is 25.1 Å². The number of nitrogens with one attached hydrogen (secondary N) is 1. The van der Waals surface area contributed by atoms with Gasteiger partial charge in [-0.2, -0.15) is 0 Å². The van der Waals surface area contributed by atoms with Crippen LogP contribution >= 0.6 is 11.6 Å². The second-order valence-corrected chi connectivity index (χ2v) is 4.84. The number of pyridine rings is 1. The maximum absolute atomic E-state index is 12.2. The lowest BCUT2D eigenvalue weighted by molar-refractivity contribution is 0.0937. The zero-order chi connectivity index (χ0) is 14.5. The van der Waals surface area contributed by atoms with Crippen LogP contribution in [0.5, 0.6) is 0 Å². The van der Waals surface area contributed by atoms with E-state index in [-0.39, 0.29) is 11.9 Å². The highest BCUT2D eigenvalue weighted by Gasteiger charge is 2.17. The largest absolute Gasteiger partial charge is 0.342 e. The molecule has 2 heterocycles. The Bertz CT molecular complexity index is 598. The Kier molecular flexibility index (Phi) is 4.68. The summed E-state index contributed by atoms with van der Waals surface area (Å²) in [5.41, 5.74) is 0.398. The molecule has 106 valence electrons. The Morgan fingerprint density at radius 1 is 1.55 bits per heavy atom. The summed E-state index contributed by atoms with van der Waals surface area (Å²) < 4.78 is 1.93. The molecule has 20 heavy (non-hydrogen) atoms. The summed E-state index contributed by atoms with van der Waals surface area (Å²) in [7, 11) is 0. The highest BCUT2D eigenvalue weighted by atomic mass is 35.5. The monoisotopic (exact) mass is 293 g/mol. The van der Waals surface area contributed by atoms with Crippen LogP contribution in [0.15, 0.2) is 24.8 Å². The Labute approximate surface area is 122 Å². The molecule has 6 nitrogen and oxygen atoms in total. The summed E-state index contributed by atoms with van der Waals surface area (Å²) in [4.78, 5) is 16.0. The molecule has 0 bridgehead atoms. The summed E-state index contributed by atoms with van der Waals surface area (Å²) in [5, 5.41) is 11.1. The molecule has 0 aromatic carbocycles. The van der Waals surface area contributed by atoms with Crippen LogP contribution in [-0.2, 0) is 6.54 Å². The molecule has 7 heteroatoms. The lowest BCUT2D eigenvalue weighted by atomic mass is 10.2. The van der Waals surface area contributed by atoms with Crippen molar-refractivity contribution < 1.29 is 4.79 Å². The first-order chi connectivity index (χ1) is 9.63. The van der Waals surface area contributed by atoms with Gasteiger partial charge in [0.25, 0.3) is 5.91 Å². The second-order valence-electron chi connectivity index (χ2n) is 4.43. The number of hydrogen-bond donors (Lipinski definition) is 1. The topological polar surface area (TPSA) is 72.7 Å². The van der Waals surface area contributed by atoms with Crippen LogP contribution in [0.25, 0.3) is 0 Å². The third kappa shape index (κ3) is 3.14. The molecule has 0 fully saturated rings. The SMILES string of the molecule is CCCn1cnnc1C(C)NC(=O)c1ccncc1Cl. The second kappa shape index (κ2) is 6.47. The van der Waals surface area contributed by atoms with Crippen molar-refractivity contribution >= 4 is 17.5 Å². The number of nitrogens with zero attached hydrogens (tertiary/aromatic N) is 4. The van der Waals surface area contributed by atoms with E-state index < -0.39 is 0 Å². The van der Waals surface area contributed by atoms with E-state index in [0.29, 0.717) is 10.6 Å². The van der Waals surface area contributed by atoms with E-state index in [9.17, 15) is 4.79 Å². The predicted octanol–water partition coefficient (Wildman–Crippen LogP) is 2.23. The van der Waals surface area contributed by atoms with Gasteiger partial charge in [-0.05, 0) is 19.4 Å². The zero-order valence-electron chi connectivity index (χ0n) is 11.4. The molecular formula is C13H16ClN5O. The Morgan fingerprint density at radius 3 is 3.05 bits per heavy atom. The van der Waals surface area contributed by atoms with E-state index >= 15 is 0 Å². The molecule has 1 unspecified atom stereocenters. The Balaban J connectivity index is 2.11. The minimum Gasteiger partial charge on any atom is -0.342 e. The predicted molar refractivity (Wildman–Crippen MR) is 75.4 cm³/mol. The van der Waals surface area contributed by atoms with Gasteiger partial charge in [-0.15, -0.1) is 10.2 Å². The van der Waals surface area contributed by atoms with E-state index in [4.69, 9.17) is 11.6 Å². The minimum absolute atomic E-state index is 0.249. The highest BCUT2D eigenvalue weighted by molar-refractivity contribution is 6.33. The van der Waals surface area contributed by atoms with E-state index in [1.54, 1.807) is 12.4 Å². The fourth-order valence-corrected chi connectivity index (χ4v) is 2.12. The third-order valence-corrected chi connectivity index (χ3v) is 3.16. The molecule has 2 aromatic heterocycles. The van der Waals surface area contributed by atoms with E-state index in [0.717, 1.165) is 18.8 Å². The minimum atomic E-state index is -0.254. The van der Waals surface area contributed by atoms with Crippen LogP contribution < -0.4 is 5.32 Å². The first-order valence-corrected chi connectivity index (χ1v) is 6.79. The van der Waals surface area contributed by atoms with Crippen LogP contribution in [0.1, 0.15) is 42.5 Å². The van der Waals surface area contributed by atoms with Crippen molar-refractivity contribution in [2.45, 2.75) is 32.9 Å². The summed E-state index contributed by atoms with van der Waals surface area (Å²) in [6.07, 6.45) is 5.62. The van der Waals surface area contributed by atoms with Crippen molar-refractivity contribution in [3.8, 4) is 0 Å². The lowest BCUT2D eigenvalue weighted by Gasteiger charge is -2.14. The molecule has 0 aliphatic carbocycles. The first-order valence-electron chi connectivity index (χ1n) is 6.41. The van der Waals surface area contributed by atoms with Crippen LogP contribution in [0.2, 0.25) is 5.02 Å². The molecule has 0 spiro atoms. The van der Waals surface area contributed by atoms with Gasteiger partial charge >= 0.3 is 0 Å². The average molecular weight is 294 g/mol.